The second kappa shape index (κ2) is 6.34. The van der Waals surface area contributed by atoms with E-state index in [1.165, 1.54) is 20.0 Å². The van der Waals surface area contributed by atoms with Gasteiger partial charge >= 0.3 is 5.97 Å². The predicted molar refractivity (Wildman–Crippen MR) is 88.5 cm³/mol. The van der Waals surface area contributed by atoms with Crippen LogP contribution in [0.25, 0.3) is 0 Å². The van der Waals surface area contributed by atoms with Crippen LogP contribution in [-0.2, 0) is 14.8 Å². The van der Waals surface area contributed by atoms with Crippen molar-refractivity contribution in [1.29, 1.82) is 0 Å². The molecule has 0 bridgehead atoms. The van der Waals surface area contributed by atoms with Crippen molar-refractivity contribution in [1.82, 2.24) is 4.31 Å². The molecule has 3 N–H and O–H groups in total. The van der Waals surface area contributed by atoms with Gasteiger partial charge in [0.25, 0.3) is 0 Å². The molecule has 1 aromatic rings. The number of likely N-dealkylation sites (N-methyl/N-ethyl adjacent to an activating group) is 1. The molecular weight excluding hydrogens is 356 g/mol. The van der Waals surface area contributed by atoms with E-state index in [1.807, 2.05) is 0 Å². The molecule has 0 heterocycles. The molecule has 24 heavy (non-hydrogen) atoms. The molecule has 1 aliphatic carbocycles. The first-order chi connectivity index (χ1) is 11.0. The van der Waals surface area contributed by atoms with Gasteiger partial charge in [-0.3, -0.25) is 4.79 Å². The summed E-state index contributed by atoms with van der Waals surface area (Å²) < 4.78 is 27.1. The lowest BCUT2D eigenvalue weighted by atomic mass is 9.97. The Hall–Kier alpha value is -1.64. The summed E-state index contributed by atoms with van der Waals surface area (Å²) in [7, 11) is -2.85. The fourth-order valence-electron chi connectivity index (χ4n) is 3.10. The lowest BCUT2D eigenvalue weighted by molar-refractivity contribution is -0.126. The summed E-state index contributed by atoms with van der Waals surface area (Å²) in [6.45, 7) is 1.49. The third kappa shape index (κ3) is 2.89. The SMILES string of the molecule is Cc1c(Cl)cc(C(=O)O)cc1S(=O)(=O)N(C)C1(C(N)=O)CCCC1. The third-order valence-corrected chi connectivity index (χ3v) is 7.12. The highest BCUT2D eigenvalue weighted by Gasteiger charge is 2.48. The van der Waals surface area contributed by atoms with Crippen LogP contribution in [0.3, 0.4) is 0 Å². The number of hydrogen-bond acceptors (Lipinski definition) is 4. The summed E-state index contributed by atoms with van der Waals surface area (Å²) in [4.78, 5) is 22.9. The van der Waals surface area contributed by atoms with Crippen molar-refractivity contribution in [2.24, 2.45) is 5.73 Å². The van der Waals surface area contributed by atoms with Crippen molar-refractivity contribution in [3.63, 3.8) is 0 Å². The van der Waals surface area contributed by atoms with E-state index in [1.54, 1.807) is 0 Å². The van der Waals surface area contributed by atoms with Crippen molar-refractivity contribution in [2.45, 2.75) is 43.0 Å². The Kier molecular flexibility index (Phi) is 4.94. The van der Waals surface area contributed by atoms with Crippen LogP contribution in [0.5, 0.6) is 0 Å². The highest BCUT2D eigenvalue weighted by molar-refractivity contribution is 7.89. The highest BCUT2D eigenvalue weighted by atomic mass is 35.5. The van der Waals surface area contributed by atoms with Gasteiger partial charge in [0.2, 0.25) is 15.9 Å². The molecule has 1 aliphatic rings. The predicted octanol–water partition coefficient (Wildman–Crippen LogP) is 1.77. The molecule has 1 aromatic carbocycles. The van der Waals surface area contributed by atoms with Gasteiger partial charge in [0.05, 0.1) is 10.5 Å². The first-order valence-electron chi connectivity index (χ1n) is 7.36. The topological polar surface area (TPSA) is 118 Å². The van der Waals surface area contributed by atoms with Gasteiger partial charge in [0.15, 0.2) is 0 Å². The summed E-state index contributed by atoms with van der Waals surface area (Å²) in [5.41, 5.74) is 4.18. The molecule has 9 heteroatoms. The van der Waals surface area contributed by atoms with Gasteiger partial charge in [-0.1, -0.05) is 24.4 Å². The monoisotopic (exact) mass is 374 g/mol. The zero-order valence-electron chi connectivity index (χ0n) is 13.4. The van der Waals surface area contributed by atoms with Crippen LogP contribution < -0.4 is 5.73 Å². The molecule has 0 unspecified atom stereocenters. The average Bonchev–Trinajstić information content (AvgIpc) is 2.99. The molecule has 1 amide bonds. The number of hydrogen-bond donors (Lipinski definition) is 2. The van der Waals surface area contributed by atoms with Gasteiger partial charge in [0.1, 0.15) is 5.54 Å². The summed E-state index contributed by atoms with van der Waals surface area (Å²) in [6.07, 6.45) is 2.06. The third-order valence-electron chi connectivity index (χ3n) is 4.67. The van der Waals surface area contributed by atoms with Crippen molar-refractivity contribution < 1.29 is 23.1 Å². The van der Waals surface area contributed by atoms with Crippen LogP contribution in [0.4, 0.5) is 0 Å². The Balaban J connectivity index is 2.62. The summed E-state index contributed by atoms with van der Waals surface area (Å²) in [6, 6.07) is 2.25. The van der Waals surface area contributed by atoms with Crippen LogP contribution >= 0.6 is 11.6 Å². The number of carbonyl (C=O) groups is 2. The lowest BCUT2D eigenvalue weighted by Gasteiger charge is -2.35. The molecular formula is C15H19ClN2O5S. The van der Waals surface area contributed by atoms with Crippen LogP contribution in [0.15, 0.2) is 17.0 Å². The molecule has 1 fully saturated rings. The maximum Gasteiger partial charge on any atom is 0.335 e. The average molecular weight is 375 g/mol. The van der Waals surface area contributed by atoms with E-state index in [0.29, 0.717) is 25.7 Å². The van der Waals surface area contributed by atoms with E-state index in [0.717, 1.165) is 10.4 Å². The maximum atomic E-state index is 13.0. The van der Waals surface area contributed by atoms with E-state index in [-0.39, 0.29) is 21.0 Å². The summed E-state index contributed by atoms with van der Waals surface area (Å²) in [5.74, 6) is -1.99. The van der Waals surface area contributed by atoms with Crippen LogP contribution in [-0.4, -0.2) is 42.3 Å². The number of aromatic carboxylic acids is 1. The smallest absolute Gasteiger partial charge is 0.335 e. The number of primary amides is 1. The number of halogens is 1. The minimum Gasteiger partial charge on any atom is -0.478 e. The lowest BCUT2D eigenvalue weighted by Crippen LogP contribution is -2.56. The number of carboxylic acid groups (broad SMARTS) is 1. The number of benzene rings is 1. The van der Waals surface area contributed by atoms with Crippen molar-refractivity contribution in [3.05, 3.63) is 28.3 Å². The van der Waals surface area contributed by atoms with Gasteiger partial charge in [-0.15, -0.1) is 0 Å². The van der Waals surface area contributed by atoms with Crippen LogP contribution in [0.2, 0.25) is 5.02 Å². The maximum absolute atomic E-state index is 13.0. The van der Waals surface area contributed by atoms with Gasteiger partial charge < -0.3 is 10.8 Å². The normalized spacial score (nSPS) is 17.2. The second-order valence-electron chi connectivity index (χ2n) is 5.96. The van der Waals surface area contributed by atoms with E-state index in [4.69, 9.17) is 22.4 Å². The molecule has 132 valence electrons. The van der Waals surface area contributed by atoms with E-state index in [9.17, 15) is 18.0 Å². The first kappa shape index (κ1) is 18.7. The van der Waals surface area contributed by atoms with Gasteiger partial charge in [0, 0.05) is 12.1 Å². The van der Waals surface area contributed by atoms with E-state index >= 15 is 0 Å². The number of carboxylic acids is 1. The van der Waals surface area contributed by atoms with E-state index < -0.39 is 27.4 Å². The number of rotatable bonds is 5. The number of amides is 1. The van der Waals surface area contributed by atoms with Crippen LogP contribution in [0.1, 0.15) is 41.6 Å². The largest absolute Gasteiger partial charge is 0.478 e. The molecule has 0 aromatic heterocycles. The zero-order chi connectivity index (χ0) is 18.3. The number of carbonyl (C=O) groups excluding carboxylic acids is 1. The zero-order valence-corrected chi connectivity index (χ0v) is 14.9. The van der Waals surface area contributed by atoms with Crippen LogP contribution in [0, 0.1) is 6.92 Å². The van der Waals surface area contributed by atoms with E-state index in [2.05, 4.69) is 0 Å². The molecule has 0 atom stereocenters. The Morgan fingerprint density at radius 2 is 1.83 bits per heavy atom. The molecule has 0 aliphatic heterocycles. The number of sulfonamides is 1. The minimum atomic E-state index is -4.15. The minimum absolute atomic E-state index is 0.0291. The standard InChI is InChI=1S/C15H19ClN2O5S/c1-9-11(16)7-10(13(19)20)8-12(9)24(22,23)18(2)15(14(17)21)5-3-4-6-15/h7-8H,3-6H2,1-2H3,(H2,17,21)(H,19,20). The second-order valence-corrected chi connectivity index (χ2v) is 8.31. The molecule has 1 saturated carbocycles. The van der Waals surface area contributed by atoms with Crippen molar-refractivity contribution in [3.8, 4) is 0 Å². The number of nitrogens with zero attached hydrogens (tertiary/aromatic N) is 1. The Morgan fingerprint density at radius 1 is 1.29 bits per heavy atom. The Morgan fingerprint density at radius 3 is 2.29 bits per heavy atom. The molecule has 0 spiro atoms. The molecule has 2 rings (SSSR count). The van der Waals surface area contributed by atoms with Crippen molar-refractivity contribution in [2.75, 3.05) is 7.05 Å². The first-order valence-corrected chi connectivity index (χ1v) is 9.18. The molecule has 7 nitrogen and oxygen atoms in total. The molecule has 0 saturated heterocycles. The summed E-state index contributed by atoms with van der Waals surface area (Å²) >= 11 is 5.99. The van der Waals surface area contributed by atoms with Gasteiger partial charge in [-0.2, -0.15) is 4.31 Å². The fraction of sp³-hybridized carbons (Fsp3) is 0.467. The van der Waals surface area contributed by atoms with Gasteiger partial charge in [-0.05, 0) is 37.5 Å². The fourth-order valence-corrected chi connectivity index (χ4v) is 5.17. The summed E-state index contributed by atoms with van der Waals surface area (Å²) in [5, 5.41) is 9.17. The van der Waals surface area contributed by atoms with Crippen molar-refractivity contribution >= 4 is 33.5 Å². The van der Waals surface area contributed by atoms with Gasteiger partial charge in [-0.25, -0.2) is 13.2 Å². The Labute approximate surface area is 145 Å². The highest BCUT2D eigenvalue weighted by Crippen LogP contribution is 2.38. The Bertz CT molecular complexity index is 800. The molecule has 0 radical (unpaired) electrons. The number of nitrogens with two attached hydrogens (primary N) is 1. The quantitative estimate of drug-likeness (QED) is 0.814.